The molecule has 0 bridgehead atoms. The first-order valence-electron chi connectivity index (χ1n) is 7.30. The molecule has 0 radical (unpaired) electrons. The molecule has 0 fully saturated rings. The van der Waals surface area contributed by atoms with Crippen LogP contribution in [-0.2, 0) is 10.0 Å². The van der Waals surface area contributed by atoms with E-state index in [2.05, 4.69) is 18.6 Å². The monoisotopic (exact) mass is 328 g/mol. The Bertz CT molecular complexity index is 571. The molecule has 0 aromatic heterocycles. The molecule has 0 aliphatic carbocycles. The predicted molar refractivity (Wildman–Crippen MR) is 90.8 cm³/mol. The number of nitrogens with one attached hydrogen (secondary N) is 1. The molecule has 0 saturated carbocycles. The largest absolute Gasteiger partial charge is 0.389 e. The molecule has 1 aromatic carbocycles. The average molecular weight is 329 g/mol. The third-order valence-corrected chi connectivity index (χ3v) is 5.25. The second kappa shape index (κ2) is 8.46. The summed E-state index contributed by atoms with van der Waals surface area (Å²) in [5.41, 5.74) is 5.99. The highest BCUT2D eigenvalue weighted by molar-refractivity contribution is 7.89. The Hall–Kier alpha value is -0.980. The zero-order valence-corrected chi connectivity index (χ0v) is 14.3. The molecule has 0 heterocycles. The van der Waals surface area contributed by atoms with Crippen LogP contribution in [0.2, 0.25) is 0 Å². The van der Waals surface area contributed by atoms with Gasteiger partial charge in [-0.25, -0.2) is 13.1 Å². The van der Waals surface area contributed by atoms with Crippen molar-refractivity contribution in [1.29, 1.82) is 0 Å². The lowest BCUT2D eigenvalue weighted by Gasteiger charge is -2.16. The molecule has 6 heteroatoms. The first-order valence-corrected chi connectivity index (χ1v) is 9.20. The molecule has 1 aromatic rings. The molecule has 0 spiro atoms. The van der Waals surface area contributed by atoms with E-state index in [4.69, 9.17) is 18.0 Å². The third-order valence-electron chi connectivity index (χ3n) is 3.55. The lowest BCUT2D eigenvalue weighted by atomic mass is 10.00. The molecule has 3 N–H and O–H groups in total. The number of rotatable bonds is 9. The van der Waals surface area contributed by atoms with Crippen molar-refractivity contribution in [2.24, 2.45) is 11.7 Å². The fraction of sp³-hybridized carbons (Fsp3) is 0.533. The van der Waals surface area contributed by atoms with Crippen molar-refractivity contribution >= 4 is 27.2 Å². The van der Waals surface area contributed by atoms with Gasteiger partial charge in [0.25, 0.3) is 0 Å². The molecule has 0 amide bonds. The second-order valence-electron chi connectivity index (χ2n) is 5.13. The fourth-order valence-electron chi connectivity index (χ4n) is 2.15. The van der Waals surface area contributed by atoms with Gasteiger partial charge in [0.1, 0.15) is 4.99 Å². The normalized spacial score (nSPS) is 13.0. The van der Waals surface area contributed by atoms with Crippen LogP contribution in [0.3, 0.4) is 0 Å². The lowest BCUT2D eigenvalue weighted by molar-refractivity contribution is 0.443. The van der Waals surface area contributed by atoms with Gasteiger partial charge in [-0.3, -0.25) is 0 Å². The molecule has 1 atom stereocenters. The summed E-state index contributed by atoms with van der Waals surface area (Å²) in [5, 5.41) is 0. The minimum Gasteiger partial charge on any atom is -0.389 e. The SMILES string of the molecule is CCCCC(CC)CNS(=O)(=O)c1ccccc1C(N)=S. The van der Waals surface area contributed by atoms with Crippen LogP contribution in [0.1, 0.15) is 45.1 Å². The van der Waals surface area contributed by atoms with Crippen LogP contribution in [-0.4, -0.2) is 20.0 Å². The summed E-state index contributed by atoms with van der Waals surface area (Å²) in [6, 6.07) is 6.56. The van der Waals surface area contributed by atoms with Crippen molar-refractivity contribution in [2.75, 3.05) is 6.54 Å². The van der Waals surface area contributed by atoms with Gasteiger partial charge >= 0.3 is 0 Å². The molecular formula is C15H24N2O2S2. The smallest absolute Gasteiger partial charge is 0.241 e. The van der Waals surface area contributed by atoms with Gasteiger partial charge in [0.05, 0.1) is 4.90 Å². The first kappa shape index (κ1) is 18.1. The maximum absolute atomic E-state index is 12.4. The molecule has 118 valence electrons. The van der Waals surface area contributed by atoms with E-state index in [1.807, 2.05) is 0 Å². The van der Waals surface area contributed by atoms with Crippen LogP contribution < -0.4 is 10.5 Å². The van der Waals surface area contributed by atoms with Crippen LogP contribution in [0, 0.1) is 5.92 Å². The van der Waals surface area contributed by atoms with Gasteiger partial charge in [0.2, 0.25) is 10.0 Å². The average Bonchev–Trinajstić information content (AvgIpc) is 2.47. The molecule has 1 rings (SSSR count). The highest BCUT2D eigenvalue weighted by Crippen LogP contribution is 2.17. The number of hydrogen-bond acceptors (Lipinski definition) is 3. The Kier molecular flexibility index (Phi) is 7.28. The van der Waals surface area contributed by atoms with Crippen LogP contribution >= 0.6 is 12.2 Å². The van der Waals surface area contributed by atoms with E-state index < -0.39 is 10.0 Å². The van der Waals surface area contributed by atoms with Gasteiger partial charge in [-0.2, -0.15) is 0 Å². The molecule has 21 heavy (non-hydrogen) atoms. The molecule has 0 aliphatic rings. The van der Waals surface area contributed by atoms with Gasteiger partial charge in [-0.1, -0.05) is 63.5 Å². The van der Waals surface area contributed by atoms with Crippen molar-refractivity contribution < 1.29 is 8.42 Å². The minimum absolute atomic E-state index is 0.0917. The predicted octanol–water partition coefficient (Wildman–Crippen LogP) is 2.82. The molecule has 0 saturated heterocycles. The van der Waals surface area contributed by atoms with Crippen LogP contribution in [0.15, 0.2) is 29.2 Å². The second-order valence-corrected chi connectivity index (χ2v) is 7.30. The summed E-state index contributed by atoms with van der Waals surface area (Å²) in [7, 11) is -3.58. The van der Waals surface area contributed by atoms with E-state index in [0.717, 1.165) is 25.7 Å². The number of thiocarbonyl (C=S) groups is 1. The first-order chi connectivity index (χ1) is 9.92. The van der Waals surface area contributed by atoms with Crippen molar-refractivity contribution in [1.82, 2.24) is 4.72 Å². The fourth-order valence-corrected chi connectivity index (χ4v) is 3.73. The van der Waals surface area contributed by atoms with Crippen molar-refractivity contribution in [3.8, 4) is 0 Å². The molecule has 1 unspecified atom stereocenters. The quantitative estimate of drug-likeness (QED) is 0.684. The summed E-state index contributed by atoms with van der Waals surface area (Å²) in [4.78, 5) is 0.247. The highest BCUT2D eigenvalue weighted by Gasteiger charge is 2.20. The Labute approximate surface area is 133 Å². The van der Waals surface area contributed by atoms with E-state index in [9.17, 15) is 8.42 Å². The van der Waals surface area contributed by atoms with Gasteiger partial charge in [0.15, 0.2) is 0 Å². The Morgan fingerprint density at radius 3 is 2.57 bits per heavy atom. The molecule has 0 aliphatic heterocycles. The van der Waals surface area contributed by atoms with Crippen LogP contribution in [0.4, 0.5) is 0 Å². The van der Waals surface area contributed by atoms with Gasteiger partial charge < -0.3 is 5.73 Å². The Morgan fingerprint density at radius 1 is 1.33 bits per heavy atom. The number of hydrogen-bond donors (Lipinski definition) is 2. The summed E-state index contributed by atoms with van der Waals surface area (Å²) in [5.74, 6) is 0.358. The van der Waals surface area contributed by atoms with Crippen molar-refractivity contribution in [2.45, 2.75) is 44.4 Å². The lowest BCUT2D eigenvalue weighted by Crippen LogP contribution is -2.31. The Balaban J connectivity index is 2.85. The van der Waals surface area contributed by atoms with Crippen molar-refractivity contribution in [3.05, 3.63) is 29.8 Å². The van der Waals surface area contributed by atoms with E-state index in [1.54, 1.807) is 18.2 Å². The zero-order chi connectivity index (χ0) is 15.9. The van der Waals surface area contributed by atoms with E-state index in [0.29, 0.717) is 18.0 Å². The molecule has 4 nitrogen and oxygen atoms in total. The van der Waals surface area contributed by atoms with E-state index >= 15 is 0 Å². The Morgan fingerprint density at radius 2 is 2.00 bits per heavy atom. The number of benzene rings is 1. The number of sulfonamides is 1. The summed E-state index contributed by atoms with van der Waals surface area (Å²) >= 11 is 4.92. The van der Waals surface area contributed by atoms with Gasteiger partial charge in [-0.05, 0) is 18.4 Å². The summed E-state index contributed by atoms with van der Waals surface area (Å²) < 4.78 is 27.5. The summed E-state index contributed by atoms with van der Waals surface area (Å²) in [6.45, 7) is 4.66. The minimum atomic E-state index is -3.58. The third kappa shape index (κ3) is 5.37. The van der Waals surface area contributed by atoms with Crippen LogP contribution in [0.25, 0.3) is 0 Å². The molecular weight excluding hydrogens is 304 g/mol. The maximum Gasteiger partial charge on any atom is 0.241 e. The highest BCUT2D eigenvalue weighted by atomic mass is 32.2. The number of nitrogens with two attached hydrogens (primary N) is 1. The standard InChI is InChI=1S/C15H24N2O2S2/c1-3-5-8-12(4-2)11-17-21(18,19)14-10-7-6-9-13(14)15(16)20/h6-7,9-10,12,17H,3-5,8,11H2,1-2H3,(H2,16,20). The number of unbranched alkanes of at least 4 members (excludes halogenated alkanes) is 1. The van der Waals surface area contributed by atoms with Crippen molar-refractivity contribution in [3.63, 3.8) is 0 Å². The maximum atomic E-state index is 12.4. The topological polar surface area (TPSA) is 72.2 Å². The summed E-state index contributed by atoms with van der Waals surface area (Å²) in [6.07, 6.45) is 4.23. The van der Waals surface area contributed by atoms with E-state index in [-0.39, 0.29) is 9.88 Å². The van der Waals surface area contributed by atoms with E-state index in [1.165, 1.54) is 6.07 Å². The zero-order valence-electron chi connectivity index (χ0n) is 12.6. The van der Waals surface area contributed by atoms with Gasteiger partial charge in [0, 0.05) is 12.1 Å². The van der Waals surface area contributed by atoms with Crippen LogP contribution in [0.5, 0.6) is 0 Å². The van der Waals surface area contributed by atoms with Gasteiger partial charge in [-0.15, -0.1) is 0 Å².